The number of aromatic carboxylic acids is 1. The third kappa shape index (κ3) is 3.20. The summed E-state index contributed by atoms with van der Waals surface area (Å²) in [6.45, 7) is 2.26. The Hall–Kier alpha value is -2.87. The van der Waals surface area contributed by atoms with Gasteiger partial charge in [0.25, 0.3) is 0 Å². The zero-order valence-electron chi connectivity index (χ0n) is 13.9. The van der Waals surface area contributed by atoms with Gasteiger partial charge in [-0.25, -0.2) is 9.78 Å². The second-order valence-electron chi connectivity index (χ2n) is 5.94. The highest BCUT2D eigenvalue weighted by Gasteiger charge is 2.30. The summed E-state index contributed by atoms with van der Waals surface area (Å²) in [5.41, 5.74) is 6.42. The average molecular weight is 345 g/mol. The van der Waals surface area contributed by atoms with Gasteiger partial charge in [-0.2, -0.15) is 0 Å². The number of aryl methyl sites for hydroxylation is 1. The number of benzene rings is 1. The number of pyridine rings is 1. The molecule has 1 unspecified atom stereocenters. The van der Waals surface area contributed by atoms with Crippen LogP contribution in [0.1, 0.15) is 22.5 Å². The molecule has 2 heterocycles. The number of aromatic nitrogens is 1. The van der Waals surface area contributed by atoms with Gasteiger partial charge < -0.3 is 25.6 Å². The Bertz CT molecular complexity index is 852. The van der Waals surface area contributed by atoms with E-state index in [2.05, 4.69) is 10.3 Å². The summed E-state index contributed by atoms with van der Waals surface area (Å²) in [7, 11) is 1.54. The number of primary amides is 1. The lowest BCUT2D eigenvalue weighted by Gasteiger charge is -2.17. The molecule has 1 aliphatic heterocycles. The topological polar surface area (TPSA) is 124 Å². The lowest BCUT2D eigenvalue weighted by Crippen LogP contribution is -2.36. The number of hydrogen-bond acceptors (Lipinski definition) is 6. The molecule has 1 aromatic heterocycles. The van der Waals surface area contributed by atoms with Gasteiger partial charge >= 0.3 is 5.97 Å². The van der Waals surface area contributed by atoms with Crippen molar-refractivity contribution in [1.82, 2.24) is 10.3 Å². The number of carbonyl (C=O) groups is 2. The molecule has 8 nitrogen and oxygen atoms in total. The summed E-state index contributed by atoms with van der Waals surface area (Å²) in [6.07, 6.45) is 0.142. The van der Waals surface area contributed by atoms with Crippen molar-refractivity contribution in [3.8, 4) is 11.5 Å². The second kappa shape index (κ2) is 6.56. The van der Waals surface area contributed by atoms with Crippen LogP contribution in [0.25, 0.3) is 10.9 Å². The Balaban J connectivity index is 2.03. The number of carboxylic acids is 1. The Morgan fingerprint density at radius 2 is 2.12 bits per heavy atom. The van der Waals surface area contributed by atoms with E-state index < -0.39 is 17.9 Å². The number of amides is 1. The molecule has 0 bridgehead atoms. The maximum absolute atomic E-state index is 11.4. The van der Waals surface area contributed by atoms with Crippen LogP contribution in [-0.2, 0) is 4.79 Å². The maximum Gasteiger partial charge on any atom is 0.354 e. The van der Waals surface area contributed by atoms with Crippen molar-refractivity contribution in [2.45, 2.75) is 25.5 Å². The molecule has 1 saturated heterocycles. The third-order valence-corrected chi connectivity index (χ3v) is 4.31. The predicted molar refractivity (Wildman–Crippen MR) is 90.0 cm³/mol. The quantitative estimate of drug-likeness (QED) is 0.733. The van der Waals surface area contributed by atoms with Crippen molar-refractivity contribution >= 4 is 22.8 Å². The molecule has 4 N–H and O–H groups in total. The molecule has 0 radical (unpaired) electrons. The number of carbonyl (C=O) groups excluding carboxylic acids is 1. The van der Waals surface area contributed by atoms with Gasteiger partial charge in [0.1, 0.15) is 17.6 Å². The minimum atomic E-state index is -1.14. The van der Waals surface area contributed by atoms with Gasteiger partial charge in [0.05, 0.1) is 18.7 Å². The highest BCUT2D eigenvalue weighted by Crippen LogP contribution is 2.33. The number of hydrogen-bond donors (Lipinski definition) is 3. The Morgan fingerprint density at radius 3 is 2.72 bits per heavy atom. The number of rotatable bonds is 5. The van der Waals surface area contributed by atoms with Crippen molar-refractivity contribution in [3.05, 3.63) is 29.5 Å². The Morgan fingerprint density at radius 1 is 1.36 bits per heavy atom. The van der Waals surface area contributed by atoms with E-state index >= 15 is 0 Å². The molecule has 8 heteroatoms. The van der Waals surface area contributed by atoms with Gasteiger partial charge in [-0.1, -0.05) is 0 Å². The molecule has 25 heavy (non-hydrogen) atoms. The number of ether oxygens (including phenoxy) is 2. The number of carboxylic acid groups (broad SMARTS) is 1. The minimum absolute atomic E-state index is 0.115. The summed E-state index contributed by atoms with van der Waals surface area (Å²) >= 11 is 0. The van der Waals surface area contributed by atoms with Crippen LogP contribution in [0, 0.1) is 6.92 Å². The molecule has 132 valence electrons. The third-order valence-electron chi connectivity index (χ3n) is 4.31. The maximum atomic E-state index is 11.4. The van der Waals surface area contributed by atoms with Gasteiger partial charge in [0, 0.05) is 30.0 Å². The SMILES string of the molecule is COc1ccc2c(O[C@@H]3CNC(C(N)=O)C3)cc(C(=O)O)nc2c1C. The Labute approximate surface area is 143 Å². The average Bonchev–Trinajstić information content (AvgIpc) is 3.04. The normalized spacial score (nSPS) is 19.8. The fraction of sp³-hybridized carbons (Fsp3) is 0.353. The van der Waals surface area contributed by atoms with Gasteiger partial charge in [-0.3, -0.25) is 4.79 Å². The van der Waals surface area contributed by atoms with Crippen LogP contribution in [0.4, 0.5) is 0 Å². The van der Waals surface area contributed by atoms with Gasteiger partial charge in [0.2, 0.25) is 5.91 Å². The van der Waals surface area contributed by atoms with E-state index in [0.29, 0.717) is 35.4 Å². The first-order chi connectivity index (χ1) is 11.9. The second-order valence-corrected chi connectivity index (χ2v) is 5.94. The molecule has 2 aromatic rings. The van der Waals surface area contributed by atoms with Crippen molar-refractivity contribution in [1.29, 1.82) is 0 Å². The molecule has 0 aliphatic carbocycles. The van der Waals surface area contributed by atoms with E-state index in [9.17, 15) is 14.7 Å². The van der Waals surface area contributed by atoms with Crippen LogP contribution in [0.5, 0.6) is 11.5 Å². The van der Waals surface area contributed by atoms with Gasteiger partial charge in [-0.05, 0) is 19.1 Å². The zero-order valence-corrected chi connectivity index (χ0v) is 13.9. The molecule has 1 aromatic carbocycles. The molecule has 1 aliphatic rings. The van der Waals surface area contributed by atoms with E-state index in [4.69, 9.17) is 15.2 Å². The number of nitrogens with two attached hydrogens (primary N) is 1. The molecular formula is C17H19N3O5. The van der Waals surface area contributed by atoms with Crippen LogP contribution < -0.4 is 20.5 Å². The summed E-state index contributed by atoms with van der Waals surface area (Å²) in [5, 5.41) is 13.0. The molecule has 0 spiro atoms. The number of nitrogens with zero attached hydrogens (tertiary/aromatic N) is 1. The lowest BCUT2D eigenvalue weighted by molar-refractivity contribution is -0.119. The van der Waals surface area contributed by atoms with E-state index in [1.807, 2.05) is 6.92 Å². The lowest BCUT2D eigenvalue weighted by atomic mass is 10.1. The van der Waals surface area contributed by atoms with Gasteiger partial charge in [-0.15, -0.1) is 0 Å². The standard InChI is InChI=1S/C17H19N3O5/c1-8-13(24-2)4-3-10-14(6-12(17(22)23)20-15(8)10)25-9-5-11(16(18)21)19-7-9/h3-4,6,9,11,19H,5,7H2,1-2H3,(H2,18,21)(H,22,23)/t9-,11?/m0/s1. The smallest absolute Gasteiger partial charge is 0.354 e. The predicted octanol–water partition coefficient (Wildman–Crippen LogP) is 0.845. The number of methoxy groups -OCH3 is 1. The monoisotopic (exact) mass is 345 g/mol. The summed E-state index contributed by atoms with van der Waals surface area (Å²) < 4.78 is 11.3. The first-order valence-electron chi connectivity index (χ1n) is 7.81. The molecule has 2 atom stereocenters. The van der Waals surface area contributed by atoms with E-state index in [-0.39, 0.29) is 11.8 Å². The number of nitrogens with one attached hydrogen (secondary N) is 1. The zero-order chi connectivity index (χ0) is 18.1. The molecular weight excluding hydrogens is 326 g/mol. The van der Waals surface area contributed by atoms with Crippen LogP contribution >= 0.6 is 0 Å². The highest BCUT2D eigenvalue weighted by atomic mass is 16.5. The van der Waals surface area contributed by atoms with Crippen molar-refractivity contribution < 1.29 is 24.2 Å². The van der Waals surface area contributed by atoms with Crippen LogP contribution in [-0.4, -0.2) is 47.8 Å². The molecule has 3 rings (SSSR count). The van der Waals surface area contributed by atoms with Crippen LogP contribution in [0.2, 0.25) is 0 Å². The minimum Gasteiger partial charge on any atom is -0.496 e. The van der Waals surface area contributed by atoms with Crippen molar-refractivity contribution in [2.24, 2.45) is 5.73 Å². The highest BCUT2D eigenvalue weighted by molar-refractivity contribution is 5.95. The molecule has 1 amide bonds. The van der Waals surface area contributed by atoms with Crippen molar-refractivity contribution in [3.63, 3.8) is 0 Å². The largest absolute Gasteiger partial charge is 0.496 e. The Kier molecular flexibility index (Phi) is 4.45. The van der Waals surface area contributed by atoms with E-state index in [1.54, 1.807) is 19.2 Å². The van der Waals surface area contributed by atoms with Gasteiger partial charge in [0.15, 0.2) is 5.69 Å². The van der Waals surface area contributed by atoms with Crippen molar-refractivity contribution in [2.75, 3.05) is 13.7 Å². The van der Waals surface area contributed by atoms with Crippen LogP contribution in [0.3, 0.4) is 0 Å². The first-order valence-corrected chi connectivity index (χ1v) is 7.81. The first kappa shape index (κ1) is 17.0. The fourth-order valence-corrected chi connectivity index (χ4v) is 3.00. The van der Waals surface area contributed by atoms with E-state index in [1.165, 1.54) is 6.07 Å². The fourth-order valence-electron chi connectivity index (χ4n) is 3.00. The summed E-state index contributed by atoms with van der Waals surface area (Å²) in [5.74, 6) is -0.555. The van der Waals surface area contributed by atoms with Crippen LogP contribution in [0.15, 0.2) is 18.2 Å². The summed E-state index contributed by atoms with van der Waals surface area (Å²) in [6, 6.07) is 4.52. The summed E-state index contributed by atoms with van der Waals surface area (Å²) in [4.78, 5) is 26.9. The molecule has 1 fully saturated rings. The van der Waals surface area contributed by atoms with E-state index in [0.717, 1.165) is 5.56 Å². The number of fused-ring (bicyclic) bond motifs is 1. The molecule has 0 saturated carbocycles.